The molecule has 2 N–H and O–H groups in total. The van der Waals surface area contributed by atoms with Gasteiger partial charge in [0.2, 0.25) is 0 Å². The largest absolute Gasteiger partial charge is 0.452 e. The van der Waals surface area contributed by atoms with Crippen molar-refractivity contribution in [1.82, 2.24) is 4.90 Å². The van der Waals surface area contributed by atoms with Crippen molar-refractivity contribution in [2.24, 2.45) is 0 Å². The predicted molar refractivity (Wildman–Crippen MR) is 90.2 cm³/mol. The van der Waals surface area contributed by atoms with Crippen molar-refractivity contribution in [2.45, 2.75) is 50.9 Å². The minimum absolute atomic E-state index is 0.277. The first-order valence-electron chi connectivity index (χ1n) is 8.11. The number of piperidine rings is 1. The van der Waals surface area contributed by atoms with E-state index >= 15 is 0 Å². The van der Waals surface area contributed by atoms with E-state index in [1.54, 1.807) is 4.90 Å². The number of benzene rings is 1. The molecule has 6 heteroatoms. The molecule has 1 amide bonds. The minimum atomic E-state index is -1.36. The SMILES string of the molecule is CC(C)(C)OC(=O)N1CCC(CB(O)O)(c2ccccc2)CC1. The summed E-state index contributed by atoms with van der Waals surface area (Å²) in [6.07, 6.45) is 1.35. The van der Waals surface area contributed by atoms with E-state index < -0.39 is 12.7 Å². The van der Waals surface area contributed by atoms with Crippen LogP contribution in [-0.2, 0) is 10.2 Å². The van der Waals surface area contributed by atoms with Gasteiger partial charge in [-0.25, -0.2) is 4.79 Å². The zero-order chi connectivity index (χ0) is 17.1. The Labute approximate surface area is 138 Å². The van der Waals surface area contributed by atoms with Gasteiger partial charge in [0.25, 0.3) is 0 Å². The van der Waals surface area contributed by atoms with Crippen LogP contribution in [0.1, 0.15) is 39.2 Å². The number of hydrogen-bond donors (Lipinski definition) is 2. The van der Waals surface area contributed by atoms with Gasteiger partial charge in [-0.05, 0) is 50.9 Å². The van der Waals surface area contributed by atoms with Gasteiger partial charge in [0.15, 0.2) is 0 Å². The second-order valence-electron chi connectivity index (χ2n) is 7.30. The molecule has 0 aliphatic carbocycles. The first kappa shape index (κ1) is 17.8. The standard InChI is InChI=1S/C17H26BNO4/c1-16(2,3)23-15(20)19-11-9-17(10-12-19,13-18(21)22)14-7-5-4-6-8-14/h4-8,21-22H,9-13H2,1-3H3. The van der Waals surface area contributed by atoms with E-state index in [2.05, 4.69) is 0 Å². The Bertz CT molecular complexity index is 519. The summed E-state index contributed by atoms with van der Waals surface area (Å²) in [6.45, 7) is 6.66. The maximum absolute atomic E-state index is 12.2. The highest BCUT2D eigenvalue weighted by molar-refractivity contribution is 6.41. The van der Waals surface area contributed by atoms with E-state index in [0.29, 0.717) is 25.9 Å². The lowest BCUT2D eigenvalue weighted by atomic mass is 9.60. The molecule has 1 saturated heterocycles. The quantitative estimate of drug-likeness (QED) is 0.840. The Hall–Kier alpha value is -1.53. The number of likely N-dealkylation sites (tertiary alicyclic amines) is 1. The molecule has 2 rings (SSSR count). The van der Waals surface area contributed by atoms with Gasteiger partial charge in [-0.1, -0.05) is 30.3 Å². The van der Waals surface area contributed by atoms with Crippen molar-refractivity contribution in [3.05, 3.63) is 35.9 Å². The third kappa shape index (κ3) is 4.72. The molecule has 1 fully saturated rings. The van der Waals surface area contributed by atoms with Crippen LogP contribution in [-0.4, -0.2) is 46.9 Å². The van der Waals surface area contributed by atoms with Crippen LogP contribution >= 0.6 is 0 Å². The summed E-state index contributed by atoms with van der Waals surface area (Å²) in [5.74, 6) is 0. The number of amides is 1. The first-order chi connectivity index (χ1) is 10.7. The highest BCUT2D eigenvalue weighted by Crippen LogP contribution is 2.39. The van der Waals surface area contributed by atoms with Gasteiger partial charge in [0.05, 0.1) is 0 Å². The molecular weight excluding hydrogens is 293 g/mol. The van der Waals surface area contributed by atoms with Gasteiger partial charge >= 0.3 is 13.2 Å². The van der Waals surface area contributed by atoms with Crippen molar-refractivity contribution in [3.63, 3.8) is 0 Å². The van der Waals surface area contributed by atoms with Crippen molar-refractivity contribution >= 4 is 13.2 Å². The minimum Gasteiger partial charge on any atom is -0.444 e. The van der Waals surface area contributed by atoms with E-state index in [9.17, 15) is 14.8 Å². The van der Waals surface area contributed by atoms with Gasteiger partial charge in [0.1, 0.15) is 5.60 Å². The van der Waals surface area contributed by atoms with E-state index in [1.165, 1.54) is 0 Å². The molecule has 5 nitrogen and oxygen atoms in total. The lowest BCUT2D eigenvalue weighted by molar-refractivity contribution is 0.0170. The summed E-state index contributed by atoms with van der Waals surface area (Å²) in [5.41, 5.74) is 0.275. The van der Waals surface area contributed by atoms with Gasteiger partial charge in [-0.15, -0.1) is 0 Å². The molecule has 23 heavy (non-hydrogen) atoms. The smallest absolute Gasteiger partial charge is 0.444 e. The molecule has 1 aliphatic rings. The summed E-state index contributed by atoms with van der Waals surface area (Å²) in [6, 6.07) is 9.90. The number of carbonyl (C=O) groups excluding carboxylic acids is 1. The maximum atomic E-state index is 12.2. The Balaban J connectivity index is 2.10. The fourth-order valence-electron chi connectivity index (χ4n) is 3.20. The van der Waals surface area contributed by atoms with E-state index in [1.807, 2.05) is 51.1 Å². The molecule has 1 heterocycles. The van der Waals surface area contributed by atoms with Gasteiger partial charge < -0.3 is 19.7 Å². The molecule has 0 spiro atoms. The first-order valence-corrected chi connectivity index (χ1v) is 8.11. The molecule has 0 bridgehead atoms. The molecule has 0 aromatic heterocycles. The molecule has 126 valence electrons. The van der Waals surface area contributed by atoms with Crippen LogP contribution in [0.5, 0.6) is 0 Å². The van der Waals surface area contributed by atoms with E-state index in [4.69, 9.17) is 4.74 Å². The number of ether oxygens (including phenoxy) is 1. The highest BCUT2D eigenvalue weighted by atomic mass is 16.6. The zero-order valence-corrected chi connectivity index (χ0v) is 14.2. The lowest BCUT2D eigenvalue weighted by Gasteiger charge is -2.42. The Morgan fingerprint density at radius 1 is 1.22 bits per heavy atom. The van der Waals surface area contributed by atoms with Gasteiger partial charge in [-0.3, -0.25) is 0 Å². The van der Waals surface area contributed by atoms with Crippen LogP contribution in [0.2, 0.25) is 6.32 Å². The molecule has 0 unspecified atom stereocenters. The second-order valence-corrected chi connectivity index (χ2v) is 7.30. The van der Waals surface area contributed by atoms with Crippen molar-refractivity contribution in [2.75, 3.05) is 13.1 Å². The van der Waals surface area contributed by atoms with E-state index in [0.717, 1.165) is 5.56 Å². The number of carbonyl (C=O) groups is 1. The summed E-state index contributed by atoms with van der Waals surface area (Å²) < 4.78 is 5.42. The van der Waals surface area contributed by atoms with Crippen LogP contribution in [0.25, 0.3) is 0 Å². The Kier molecular flexibility index (Phi) is 5.37. The van der Waals surface area contributed by atoms with Crippen molar-refractivity contribution < 1.29 is 19.6 Å². The van der Waals surface area contributed by atoms with Crippen LogP contribution in [0, 0.1) is 0 Å². The highest BCUT2D eigenvalue weighted by Gasteiger charge is 2.40. The topological polar surface area (TPSA) is 70.0 Å². The van der Waals surface area contributed by atoms with Crippen LogP contribution in [0.15, 0.2) is 30.3 Å². The fourth-order valence-corrected chi connectivity index (χ4v) is 3.20. The van der Waals surface area contributed by atoms with Crippen LogP contribution in [0.3, 0.4) is 0 Å². The number of nitrogens with zero attached hydrogens (tertiary/aromatic N) is 1. The second kappa shape index (κ2) is 6.93. The van der Waals surface area contributed by atoms with E-state index in [-0.39, 0.29) is 17.8 Å². The zero-order valence-electron chi connectivity index (χ0n) is 14.2. The molecule has 1 aromatic rings. The maximum Gasteiger partial charge on any atom is 0.452 e. The third-order valence-corrected chi connectivity index (χ3v) is 4.33. The average molecular weight is 319 g/mol. The molecular formula is C17H26BNO4. The molecule has 1 aliphatic heterocycles. The van der Waals surface area contributed by atoms with Crippen molar-refractivity contribution in [1.29, 1.82) is 0 Å². The lowest BCUT2D eigenvalue weighted by Crippen LogP contribution is -2.48. The monoisotopic (exact) mass is 319 g/mol. The Morgan fingerprint density at radius 3 is 2.26 bits per heavy atom. The average Bonchev–Trinajstić information content (AvgIpc) is 2.46. The Morgan fingerprint density at radius 2 is 1.78 bits per heavy atom. The molecule has 0 atom stereocenters. The normalized spacial score (nSPS) is 17.7. The number of hydrogen-bond acceptors (Lipinski definition) is 4. The van der Waals surface area contributed by atoms with Crippen LogP contribution < -0.4 is 0 Å². The summed E-state index contributed by atoms with van der Waals surface area (Å²) >= 11 is 0. The fraction of sp³-hybridized carbons (Fsp3) is 0.588. The van der Waals surface area contributed by atoms with Crippen LogP contribution in [0.4, 0.5) is 4.79 Å². The number of rotatable bonds is 3. The summed E-state index contributed by atoms with van der Waals surface area (Å²) in [7, 11) is -1.36. The predicted octanol–water partition coefficient (Wildman–Crippen LogP) is 2.43. The molecule has 1 aromatic carbocycles. The third-order valence-electron chi connectivity index (χ3n) is 4.33. The molecule has 0 radical (unpaired) electrons. The van der Waals surface area contributed by atoms with Gasteiger partial charge in [-0.2, -0.15) is 0 Å². The summed E-state index contributed by atoms with van der Waals surface area (Å²) in [5, 5.41) is 19.0. The van der Waals surface area contributed by atoms with Gasteiger partial charge in [0, 0.05) is 13.1 Å². The molecule has 0 saturated carbocycles. The van der Waals surface area contributed by atoms with Crippen molar-refractivity contribution in [3.8, 4) is 0 Å². The summed E-state index contributed by atoms with van der Waals surface area (Å²) in [4.78, 5) is 13.9.